The molecule has 1 aliphatic heterocycles. The Balaban J connectivity index is 1.91. The number of nitrogens with zero attached hydrogens (tertiary/aromatic N) is 2. The van der Waals surface area contributed by atoms with Crippen molar-refractivity contribution in [1.29, 1.82) is 0 Å². The van der Waals surface area contributed by atoms with Crippen LogP contribution in [0.2, 0.25) is 0 Å². The number of hydrogen-bond donors (Lipinski definition) is 2. The summed E-state index contributed by atoms with van der Waals surface area (Å²) in [5.41, 5.74) is 8.44. The molecule has 3 aromatic rings. The van der Waals surface area contributed by atoms with Crippen molar-refractivity contribution in [2.24, 2.45) is 5.73 Å². The van der Waals surface area contributed by atoms with Crippen LogP contribution in [0.15, 0.2) is 42.5 Å². The van der Waals surface area contributed by atoms with Crippen molar-refractivity contribution in [2.75, 3.05) is 11.9 Å². The normalized spacial score (nSPS) is 14.1. The van der Waals surface area contributed by atoms with Gasteiger partial charge in [-0.25, -0.2) is 4.79 Å². The summed E-state index contributed by atoms with van der Waals surface area (Å²) < 4.78 is 1.30. The van der Waals surface area contributed by atoms with Crippen LogP contribution in [0.3, 0.4) is 0 Å². The Morgan fingerprint density at radius 3 is 2.78 bits per heavy atom. The molecule has 0 unspecified atom stereocenters. The van der Waals surface area contributed by atoms with E-state index in [0.717, 1.165) is 53.8 Å². The van der Waals surface area contributed by atoms with Crippen molar-refractivity contribution in [3.8, 4) is 11.3 Å². The number of amides is 1. The molecule has 0 spiro atoms. The third-order valence-corrected chi connectivity index (χ3v) is 4.36. The number of rotatable bonds is 1. The number of hydrogen-bond acceptors (Lipinski definition) is 3. The second-order valence-corrected chi connectivity index (χ2v) is 5.87. The van der Waals surface area contributed by atoms with Crippen LogP contribution in [0.1, 0.15) is 18.4 Å². The Hall–Kier alpha value is -2.82. The molecule has 0 fully saturated rings. The highest BCUT2D eigenvalue weighted by molar-refractivity contribution is 5.89. The van der Waals surface area contributed by atoms with Gasteiger partial charge in [0.1, 0.15) is 5.82 Å². The second kappa shape index (κ2) is 5.43. The van der Waals surface area contributed by atoms with Crippen molar-refractivity contribution in [1.82, 2.24) is 9.78 Å². The summed E-state index contributed by atoms with van der Waals surface area (Å²) in [5, 5.41) is 10.1. The Kier molecular flexibility index (Phi) is 3.26. The maximum Gasteiger partial charge on any atom is 0.341 e. The lowest BCUT2D eigenvalue weighted by Gasteiger charge is -2.05. The van der Waals surface area contributed by atoms with E-state index in [-0.39, 0.29) is 0 Å². The van der Waals surface area contributed by atoms with Crippen LogP contribution >= 0.6 is 0 Å². The highest BCUT2D eigenvalue weighted by atomic mass is 16.2. The van der Waals surface area contributed by atoms with Crippen molar-refractivity contribution in [3.05, 3.63) is 48.0 Å². The molecule has 5 heteroatoms. The summed E-state index contributed by atoms with van der Waals surface area (Å²) in [6, 6.07) is 13.9. The standard InChI is InChI=1S/C18H18N4O/c19-18(23)22-17-15(7-3-4-10-20-17)16(21-22)14-9-8-12-5-1-2-6-13(12)11-14/h1-2,5-6,8-9,11,20H,3-4,7,10H2,(H2,19,23). The van der Waals surface area contributed by atoms with Crippen molar-refractivity contribution in [2.45, 2.75) is 19.3 Å². The lowest BCUT2D eigenvalue weighted by Crippen LogP contribution is -2.23. The van der Waals surface area contributed by atoms with Gasteiger partial charge in [-0.2, -0.15) is 9.78 Å². The van der Waals surface area contributed by atoms with Gasteiger partial charge >= 0.3 is 6.03 Å². The Morgan fingerprint density at radius 2 is 1.96 bits per heavy atom. The van der Waals surface area contributed by atoms with E-state index in [2.05, 4.69) is 40.7 Å². The minimum atomic E-state index is -0.553. The quantitative estimate of drug-likeness (QED) is 0.724. The van der Waals surface area contributed by atoms with Gasteiger partial charge in [0.15, 0.2) is 0 Å². The second-order valence-electron chi connectivity index (χ2n) is 5.87. The molecule has 2 heterocycles. The fraction of sp³-hybridized carbons (Fsp3) is 0.222. The average Bonchev–Trinajstić information content (AvgIpc) is 2.76. The van der Waals surface area contributed by atoms with Gasteiger partial charge in [0.2, 0.25) is 0 Å². The summed E-state index contributed by atoms with van der Waals surface area (Å²) >= 11 is 0. The van der Waals surface area contributed by atoms with E-state index in [1.54, 1.807) is 0 Å². The lowest BCUT2D eigenvalue weighted by molar-refractivity contribution is 0.248. The topological polar surface area (TPSA) is 72.9 Å². The first-order chi connectivity index (χ1) is 11.2. The molecule has 0 bridgehead atoms. The molecule has 1 aliphatic rings. The fourth-order valence-electron chi connectivity index (χ4n) is 3.23. The van der Waals surface area contributed by atoms with Crippen LogP contribution in [-0.2, 0) is 6.42 Å². The number of aromatic nitrogens is 2. The van der Waals surface area contributed by atoms with Crippen molar-refractivity contribution < 1.29 is 4.79 Å². The molecule has 116 valence electrons. The summed E-state index contributed by atoms with van der Waals surface area (Å²) in [7, 11) is 0. The van der Waals surface area contributed by atoms with E-state index in [4.69, 9.17) is 5.73 Å². The SMILES string of the molecule is NC(=O)n1nc(-c2ccc3ccccc3c2)c2c1NCCCC2. The van der Waals surface area contributed by atoms with Gasteiger partial charge in [0.25, 0.3) is 0 Å². The molecule has 5 nitrogen and oxygen atoms in total. The molecule has 0 aliphatic carbocycles. The molecule has 2 aromatic carbocycles. The van der Waals surface area contributed by atoms with Crippen LogP contribution in [0, 0.1) is 0 Å². The van der Waals surface area contributed by atoms with Gasteiger partial charge in [-0.15, -0.1) is 0 Å². The van der Waals surface area contributed by atoms with E-state index in [1.807, 2.05) is 12.1 Å². The predicted molar refractivity (Wildman–Crippen MR) is 91.6 cm³/mol. The Bertz CT molecular complexity index is 897. The molecule has 1 amide bonds. The van der Waals surface area contributed by atoms with Crippen LogP contribution in [-0.4, -0.2) is 22.4 Å². The van der Waals surface area contributed by atoms with E-state index in [0.29, 0.717) is 0 Å². The van der Waals surface area contributed by atoms with Crippen LogP contribution < -0.4 is 11.1 Å². The number of nitrogens with two attached hydrogens (primary N) is 1. The molecular formula is C18H18N4O. The molecule has 0 saturated heterocycles. The smallest absolute Gasteiger partial charge is 0.341 e. The van der Waals surface area contributed by atoms with Gasteiger partial charge in [0.05, 0.1) is 5.69 Å². The average molecular weight is 306 g/mol. The van der Waals surface area contributed by atoms with Crippen LogP contribution in [0.5, 0.6) is 0 Å². The third kappa shape index (κ3) is 2.34. The molecule has 23 heavy (non-hydrogen) atoms. The molecule has 0 radical (unpaired) electrons. The summed E-state index contributed by atoms with van der Waals surface area (Å²) in [6.07, 6.45) is 3.05. The summed E-state index contributed by atoms with van der Waals surface area (Å²) in [6.45, 7) is 0.836. The molecule has 0 atom stereocenters. The summed E-state index contributed by atoms with van der Waals surface area (Å²) in [4.78, 5) is 11.7. The predicted octanol–water partition coefficient (Wildman–Crippen LogP) is 3.38. The van der Waals surface area contributed by atoms with Gasteiger partial charge in [0, 0.05) is 17.7 Å². The molecule has 4 rings (SSSR count). The van der Waals surface area contributed by atoms with E-state index < -0.39 is 6.03 Å². The van der Waals surface area contributed by atoms with E-state index in [1.165, 1.54) is 10.1 Å². The van der Waals surface area contributed by atoms with E-state index in [9.17, 15) is 4.79 Å². The minimum absolute atomic E-state index is 0.553. The molecule has 1 aromatic heterocycles. The van der Waals surface area contributed by atoms with Crippen molar-refractivity contribution >= 4 is 22.6 Å². The number of benzene rings is 2. The van der Waals surface area contributed by atoms with Crippen LogP contribution in [0.25, 0.3) is 22.0 Å². The van der Waals surface area contributed by atoms with Gasteiger partial charge in [-0.3, -0.25) is 0 Å². The highest BCUT2D eigenvalue weighted by Crippen LogP contribution is 2.33. The van der Waals surface area contributed by atoms with Gasteiger partial charge < -0.3 is 11.1 Å². The molecular weight excluding hydrogens is 288 g/mol. The Morgan fingerprint density at radius 1 is 1.13 bits per heavy atom. The molecule has 0 saturated carbocycles. The zero-order chi connectivity index (χ0) is 15.8. The fourth-order valence-corrected chi connectivity index (χ4v) is 3.23. The van der Waals surface area contributed by atoms with Gasteiger partial charge in [-0.05, 0) is 36.1 Å². The number of carbonyl (C=O) groups is 1. The largest absolute Gasteiger partial charge is 0.370 e. The third-order valence-electron chi connectivity index (χ3n) is 4.36. The first kappa shape index (κ1) is 13.8. The van der Waals surface area contributed by atoms with Crippen LogP contribution in [0.4, 0.5) is 10.6 Å². The highest BCUT2D eigenvalue weighted by Gasteiger charge is 2.22. The number of anilines is 1. The number of nitrogens with one attached hydrogen (secondary N) is 1. The maximum atomic E-state index is 11.7. The number of carbonyl (C=O) groups excluding carboxylic acids is 1. The monoisotopic (exact) mass is 306 g/mol. The zero-order valence-corrected chi connectivity index (χ0v) is 12.7. The first-order valence-corrected chi connectivity index (χ1v) is 7.89. The maximum absolute atomic E-state index is 11.7. The molecule has 3 N–H and O–H groups in total. The van der Waals surface area contributed by atoms with Gasteiger partial charge in [-0.1, -0.05) is 36.4 Å². The van der Waals surface area contributed by atoms with E-state index >= 15 is 0 Å². The minimum Gasteiger partial charge on any atom is -0.370 e. The van der Waals surface area contributed by atoms with Crippen molar-refractivity contribution in [3.63, 3.8) is 0 Å². The lowest BCUT2D eigenvalue weighted by atomic mass is 10.0. The number of fused-ring (bicyclic) bond motifs is 2. The number of primary amides is 1. The Labute approximate surface area is 134 Å². The summed E-state index contributed by atoms with van der Waals surface area (Å²) in [5.74, 6) is 0.748. The zero-order valence-electron chi connectivity index (χ0n) is 12.7. The first-order valence-electron chi connectivity index (χ1n) is 7.89.